The quantitative estimate of drug-likeness (QED) is 0.834. The van der Waals surface area contributed by atoms with Crippen LogP contribution in [-0.2, 0) is 23.9 Å². The molecule has 22 heavy (non-hydrogen) atoms. The lowest BCUT2D eigenvalue weighted by Gasteiger charge is -2.09. The molecule has 1 N–H and O–H groups in total. The number of nitrogens with one attached hydrogen (secondary N) is 1. The molecule has 0 radical (unpaired) electrons. The van der Waals surface area contributed by atoms with Crippen LogP contribution in [0.3, 0.4) is 0 Å². The number of aromatic nitrogens is 2. The SMILES string of the molecule is O=C(Cc1cccc(C(F)(F)F)c1)NCCCn1ccnc1. The number of benzene rings is 1. The van der Waals surface area contributed by atoms with Gasteiger partial charge in [0.1, 0.15) is 0 Å². The first-order chi connectivity index (χ1) is 10.4. The minimum absolute atomic E-state index is 0.0605. The minimum Gasteiger partial charge on any atom is -0.356 e. The van der Waals surface area contributed by atoms with E-state index in [-0.39, 0.29) is 12.3 Å². The lowest BCUT2D eigenvalue weighted by Crippen LogP contribution is -2.26. The highest BCUT2D eigenvalue weighted by Crippen LogP contribution is 2.29. The summed E-state index contributed by atoms with van der Waals surface area (Å²) in [7, 11) is 0. The molecule has 7 heteroatoms. The Labute approximate surface area is 126 Å². The Morgan fingerprint density at radius 3 is 2.82 bits per heavy atom. The molecule has 0 aliphatic carbocycles. The Morgan fingerprint density at radius 1 is 1.32 bits per heavy atom. The summed E-state index contributed by atoms with van der Waals surface area (Å²) in [6.45, 7) is 1.19. The summed E-state index contributed by atoms with van der Waals surface area (Å²) in [6, 6.07) is 4.82. The fourth-order valence-electron chi connectivity index (χ4n) is 2.01. The van der Waals surface area contributed by atoms with E-state index in [4.69, 9.17) is 0 Å². The topological polar surface area (TPSA) is 46.9 Å². The first-order valence-corrected chi connectivity index (χ1v) is 6.84. The molecular formula is C15H16F3N3O. The van der Waals surface area contributed by atoms with Crippen molar-refractivity contribution in [2.45, 2.75) is 25.6 Å². The van der Waals surface area contributed by atoms with E-state index in [1.54, 1.807) is 12.5 Å². The molecule has 0 aliphatic heterocycles. The summed E-state index contributed by atoms with van der Waals surface area (Å²) < 4.78 is 39.6. The van der Waals surface area contributed by atoms with Gasteiger partial charge in [-0.25, -0.2) is 4.98 Å². The number of hydrogen-bond acceptors (Lipinski definition) is 2. The Balaban J connectivity index is 1.77. The van der Waals surface area contributed by atoms with Gasteiger partial charge >= 0.3 is 6.18 Å². The van der Waals surface area contributed by atoms with Crippen molar-refractivity contribution in [1.82, 2.24) is 14.9 Å². The summed E-state index contributed by atoms with van der Waals surface area (Å²) >= 11 is 0. The molecule has 0 saturated heterocycles. The molecule has 2 aromatic rings. The molecule has 0 bridgehead atoms. The monoisotopic (exact) mass is 311 g/mol. The van der Waals surface area contributed by atoms with Crippen molar-refractivity contribution in [1.29, 1.82) is 0 Å². The molecule has 1 aromatic carbocycles. The van der Waals surface area contributed by atoms with Crippen LogP contribution in [0.5, 0.6) is 0 Å². The number of nitrogens with zero attached hydrogens (tertiary/aromatic N) is 2. The molecule has 0 fully saturated rings. The van der Waals surface area contributed by atoms with E-state index in [1.165, 1.54) is 12.1 Å². The van der Waals surface area contributed by atoms with Crippen molar-refractivity contribution in [3.05, 3.63) is 54.1 Å². The number of aryl methyl sites for hydroxylation is 1. The number of rotatable bonds is 6. The Bertz CT molecular complexity index is 609. The van der Waals surface area contributed by atoms with Crippen molar-refractivity contribution in [3.8, 4) is 0 Å². The van der Waals surface area contributed by atoms with Crippen molar-refractivity contribution in [2.75, 3.05) is 6.54 Å². The zero-order chi connectivity index (χ0) is 16.0. The highest BCUT2D eigenvalue weighted by Gasteiger charge is 2.30. The van der Waals surface area contributed by atoms with Crippen LogP contribution in [0.15, 0.2) is 43.0 Å². The lowest BCUT2D eigenvalue weighted by molar-refractivity contribution is -0.137. The van der Waals surface area contributed by atoms with Crippen LogP contribution in [-0.4, -0.2) is 22.0 Å². The van der Waals surface area contributed by atoms with E-state index in [9.17, 15) is 18.0 Å². The van der Waals surface area contributed by atoms with Crippen LogP contribution in [0, 0.1) is 0 Å². The first kappa shape index (κ1) is 16.1. The molecular weight excluding hydrogens is 295 g/mol. The zero-order valence-electron chi connectivity index (χ0n) is 11.8. The second-order valence-electron chi connectivity index (χ2n) is 4.88. The zero-order valence-corrected chi connectivity index (χ0v) is 11.8. The van der Waals surface area contributed by atoms with Gasteiger partial charge in [0.05, 0.1) is 18.3 Å². The van der Waals surface area contributed by atoms with Crippen LogP contribution in [0.2, 0.25) is 0 Å². The van der Waals surface area contributed by atoms with Gasteiger partial charge < -0.3 is 9.88 Å². The number of carbonyl (C=O) groups is 1. The summed E-state index contributed by atoms with van der Waals surface area (Å²) in [5, 5.41) is 2.70. The molecule has 0 atom stereocenters. The molecule has 1 amide bonds. The molecule has 1 heterocycles. The van der Waals surface area contributed by atoms with Crippen LogP contribution >= 0.6 is 0 Å². The number of amides is 1. The predicted octanol–water partition coefficient (Wildman–Crippen LogP) is 2.65. The summed E-state index contributed by atoms with van der Waals surface area (Å²) in [6.07, 6.45) is 1.46. The van der Waals surface area contributed by atoms with Crippen molar-refractivity contribution >= 4 is 5.91 Å². The smallest absolute Gasteiger partial charge is 0.356 e. The van der Waals surface area contributed by atoms with Gasteiger partial charge in [0.2, 0.25) is 5.91 Å². The van der Waals surface area contributed by atoms with Gasteiger partial charge in [0.15, 0.2) is 0 Å². The van der Waals surface area contributed by atoms with E-state index in [0.717, 1.165) is 25.1 Å². The largest absolute Gasteiger partial charge is 0.416 e. The van der Waals surface area contributed by atoms with Gasteiger partial charge in [-0.1, -0.05) is 18.2 Å². The Morgan fingerprint density at radius 2 is 2.14 bits per heavy atom. The molecule has 1 aromatic heterocycles. The molecule has 4 nitrogen and oxygen atoms in total. The van der Waals surface area contributed by atoms with Crippen molar-refractivity contribution in [2.24, 2.45) is 0 Å². The predicted molar refractivity (Wildman–Crippen MR) is 75.0 cm³/mol. The van der Waals surface area contributed by atoms with Gasteiger partial charge in [0.25, 0.3) is 0 Å². The average molecular weight is 311 g/mol. The summed E-state index contributed by atoms with van der Waals surface area (Å²) in [5.41, 5.74) is -0.389. The molecule has 0 spiro atoms. The maximum Gasteiger partial charge on any atom is 0.416 e. The van der Waals surface area contributed by atoms with Gasteiger partial charge in [-0.15, -0.1) is 0 Å². The van der Waals surface area contributed by atoms with Crippen LogP contribution in [0.25, 0.3) is 0 Å². The first-order valence-electron chi connectivity index (χ1n) is 6.84. The number of halogens is 3. The average Bonchev–Trinajstić information content (AvgIpc) is 2.96. The highest BCUT2D eigenvalue weighted by atomic mass is 19.4. The van der Waals surface area contributed by atoms with E-state index in [0.29, 0.717) is 12.1 Å². The van der Waals surface area contributed by atoms with Crippen LogP contribution in [0.4, 0.5) is 13.2 Å². The normalized spacial score (nSPS) is 11.4. The molecule has 118 valence electrons. The van der Waals surface area contributed by atoms with Gasteiger partial charge in [-0.2, -0.15) is 13.2 Å². The van der Waals surface area contributed by atoms with Gasteiger partial charge in [-0.05, 0) is 18.1 Å². The van der Waals surface area contributed by atoms with Gasteiger partial charge in [-0.3, -0.25) is 4.79 Å². The number of imidazole rings is 1. The second kappa shape index (κ2) is 7.11. The third-order valence-electron chi connectivity index (χ3n) is 3.09. The fraction of sp³-hybridized carbons (Fsp3) is 0.333. The third kappa shape index (κ3) is 4.91. The standard InChI is InChI=1S/C15H16F3N3O/c16-15(17,18)13-4-1-3-12(9-13)10-14(22)20-5-2-7-21-8-6-19-11-21/h1,3-4,6,8-9,11H,2,5,7,10H2,(H,20,22). The van der Waals surface area contributed by atoms with Crippen molar-refractivity contribution in [3.63, 3.8) is 0 Å². The third-order valence-corrected chi connectivity index (χ3v) is 3.09. The van der Waals surface area contributed by atoms with Crippen LogP contribution in [0.1, 0.15) is 17.5 Å². The molecule has 0 aliphatic rings. The van der Waals surface area contributed by atoms with E-state index in [1.807, 2.05) is 10.8 Å². The van der Waals surface area contributed by atoms with Gasteiger partial charge in [0, 0.05) is 25.5 Å². The number of hydrogen-bond donors (Lipinski definition) is 1. The maximum atomic E-state index is 12.6. The molecule has 0 unspecified atom stereocenters. The van der Waals surface area contributed by atoms with E-state index < -0.39 is 11.7 Å². The minimum atomic E-state index is -4.39. The van der Waals surface area contributed by atoms with Crippen LogP contribution < -0.4 is 5.32 Å². The van der Waals surface area contributed by atoms with Crippen molar-refractivity contribution < 1.29 is 18.0 Å². The lowest BCUT2D eigenvalue weighted by atomic mass is 10.1. The Kier molecular flexibility index (Phi) is 5.19. The summed E-state index contributed by atoms with van der Waals surface area (Å²) in [5.74, 6) is -0.287. The summed E-state index contributed by atoms with van der Waals surface area (Å²) in [4.78, 5) is 15.6. The fourth-order valence-corrected chi connectivity index (χ4v) is 2.01. The maximum absolute atomic E-state index is 12.6. The highest BCUT2D eigenvalue weighted by molar-refractivity contribution is 5.78. The molecule has 2 rings (SSSR count). The number of alkyl halides is 3. The Hall–Kier alpha value is -2.31. The van der Waals surface area contributed by atoms with E-state index >= 15 is 0 Å². The number of carbonyl (C=O) groups excluding carboxylic acids is 1. The van der Waals surface area contributed by atoms with E-state index in [2.05, 4.69) is 10.3 Å². The second-order valence-corrected chi connectivity index (χ2v) is 4.88. The molecule has 0 saturated carbocycles.